The van der Waals surface area contributed by atoms with Crippen LogP contribution in [-0.2, 0) is 11.3 Å². The van der Waals surface area contributed by atoms with E-state index in [0.717, 1.165) is 49.3 Å². The van der Waals surface area contributed by atoms with Crippen LogP contribution in [0.2, 0.25) is 0 Å². The minimum Gasteiger partial charge on any atom is -0.492 e. The zero-order chi connectivity index (χ0) is 20.9. The van der Waals surface area contributed by atoms with E-state index in [9.17, 15) is 9.90 Å². The van der Waals surface area contributed by atoms with Gasteiger partial charge in [0.15, 0.2) is 0 Å². The summed E-state index contributed by atoms with van der Waals surface area (Å²) < 4.78 is 1.61. The number of benzene rings is 2. The van der Waals surface area contributed by atoms with Gasteiger partial charge in [-0.05, 0) is 24.9 Å². The number of aromatic hydroxyl groups is 1. The standard InChI is InChI=1S/C24H28N4O2/c1-2-27-15-13-20(14-16-27)25-21(29)17-28-23(19-11-7-4-8-12-19)22(24(30)26-28)18-9-5-3-6-10-18/h3-12,20H,2,13-17H2,1H3,(H,25,29)(H,26,30). The predicted molar refractivity (Wildman–Crippen MR) is 118 cm³/mol. The summed E-state index contributed by atoms with van der Waals surface area (Å²) in [6, 6.07) is 19.6. The number of carbonyl (C=O) groups excluding carboxylic acids is 1. The Labute approximate surface area is 177 Å². The highest BCUT2D eigenvalue weighted by atomic mass is 16.3. The fourth-order valence-corrected chi connectivity index (χ4v) is 4.13. The summed E-state index contributed by atoms with van der Waals surface area (Å²) in [5, 5.41) is 18.1. The zero-order valence-corrected chi connectivity index (χ0v) is 17.3. The monoisotopic (exact) mass is 404 g/mol. The molecule has 1 aliphatic heterocycles. The summed E-state index contributed by atoms with van der Waals surface area (Å²) in [4.78, 5) is 15.2. The average molecular weight is 405 g/mol. The van der Waals surface area contributed by atoms with E-state index < -0.39 is 0 Å². The van der Waals surface area contributed by atoms with E-state index in [1.54, 1.807) is 4.68 Å². The van der Waals surface area contributed by atoms with Gasteiger partial charge in [-0.25, -0.2) is 0 Å². The van der Waals surface area contributed by atoms with Crippen LogP contribution in [0, 0.1) is 0 Å². The van der Waals surface area contributed by atoms with Crippen molar-refractivity contribution in [1.82, 2.24) is 20.0 Å². The molecule has 30 heavy (non-hydrogen) atoms. The molecular formula is C24H28N4O2. The second-order valence-electron chi connectivity index (χ2n) is 7.71. The Morgan fingerprint density at radius 1 is 1.03 bits per heavy atom. The van der Waals surface area contributed by atoms with Crippen molar-refractivity contribution < 1.29 is 9.90 Å². The van der Waals surface area contributed by atoms with E-state index in [2.05, 4.69) is 22.2 Å². The number of aromatic nitrogens is 2. The van der Waals surface area contributed by atoms with Crippen LogP contribution in [0.3, 0.4) is 0 Å². The minimum absolute atomic E-state index is 0.0656. The van der Waals surface area contributed by atoms with Gasteiger partial charge in [-0.15, -0.1) is 5.10 Å². The molecule has 0 spiro atoms. The number of piperidine rings is 1. The van der Waals surface area contributed by atoms with Crippen LogP contribution in [-0.4, -0.2) is 51.4 Å². The molecule has 0 radical (unpaired) electrons. The summed E-state index contributed by atoms with van der Waals surface area (Å²) in [7, 11) is 0. The van der Waals surface area contributed by atoms with Crippen molar-refractivity contribution >= 4 is 5.91 Å². The van der Waals surface area contributed by atoms with E-state index in [0.29, 0.717) is 5.56 Å². The molecule has 4 rings (SSSR count). The summed E-state index contributed by atoms with van der Waals surface area (Å²) >= 11 is 0. The molecule has 1 saturated heterocycles. The van der Waals surface area contributed by atoms with Crippen molar-refractivity contribution in [3.63, 3.8) is 0 Å². The van der Waals surface area contributed by atoms with E-state index in [4.69, 9.17) is 0 Å². The maximum Gasteiger partial charge on any atom is 0.241 e. The molecule has 0 atom stereocenters. The van der Waals surface area contributed by atoms with Gasteiger partial charge >= 0.3 is 0 Å². The lowest BCUT2D eigenvalue weighted by Crippen LogP contribution is -2.45. The van der Waals surface area contributed by atoms with Gasteiger partial charge in [0.05, 0.1) is 11.3 Å². The van der Waals surface area contributed by atoms with Crippen molar-refractivity contribution in [3.8, 4) is 28.3 Å². The summed E-state index contributed by atoms with van der Waals surface area (Å²) in [5.41, 5.74) is 3.17. The predicted octanol–water partition coefficient (Wildman–Crippen LogP) is 3.52. The highest BCUT2D eigenvalue weighted by molar-refractivity contribution is 5.86. The topological polar surface area (TPSA) is 70.4 Å². The first-order valence-electron chi connectivity index (χ1n) is 10.6. The second kappa shape index (κ2) is 9.13. The molecule has 3 aromatic rings. The highest BCUT2D eigenvalue weighted by Crippen LogP contribution is 2.38. The molecule has 2 N–H and O–H groups in total. The van der Waals surface area contributed by atoms with Crippen molar-refractivity contribution in [2.24, 2.45) is 0 Å². The van der Waals surface area contributed by atoms with Crippen molar-refractivity contribution in [3.05, 3.63) is 60.7 Å². The quantitative estimate of drug-likeness (QED) is 0.659. The molecule has 6 nitrogen and oxygen atoms in total. The van der Waals surface area contributed by atoms with Crippen molar-refractivity contribution in [2.75, 3.05) is 19.6 Å². The van der Waals surface area contributed by atoms with Gasteiger partial charge in [-0.1, -0.05) is 67.6 Å². The fourth-order valence-electron chi connectivity index (χ4n) is 4.13. The average Bonchev–Trinajstić information content (AvgIpc) is 3.10. The largest absolute Gasteiger partial charge is 0.492 e. The number of amides is 1. The third-order valence-corrected chi connectivity index (χ3v) is 5.74. The van der Waals surface area contributed by atoms with Crippen LogP contribution in [0.15, 0.2) is 60.7 Å². The molecule has 1 amide bonds. The summed E-state index contributed by atoms with van der Waals surface area (Å²) in [5.74, 6) is -0.145. The van der Waals surface area contributed by atoms with E-state index >= 15 is 0 Å². The summed E-state index contributed by atoms with van der Waals surface area (Å²) in [6.45, 7) is 5.31. The molecule has 0 aliphatic carbocycles. The van der Waals surface area contributed by atoms with E-state index in [-0.39, 0.29) is 24.4 Å². The van der Waals surface area contributed by atoms with Crippen LogP contribution in [0.1, 0.15) is 19.8 Å². The first-order chi connectivity index (χ1) is 14.7. The Hall–Kier alpha value is -3.12. The zero-order valence-electron chi connectivity index (χ0n) is 17.3. The van der Waals surface area contributed by atoms with E-state index in [1.165, 1.54) is 0 Å². The van der Waals surface area contributed by atoms with Gasteiger partial charge in [0, 0.05) is 24.7 Å². The molecule has 0 unspecified atom stereocenters. The number of nitrogens with one attached hydrogen (secondary N) is 1. The molecule has 6 heteroatoms. The molecular weight excluding hydrogens is 376 g/mol. The molecule has 1 fully saturated rings. The molecule has 2 heterocycles. The Morgan fingerprint density at radius 3 is 2.23 bits per heavy atom. The number of likely N-dealkylation sites (tertiary alicyclic amines) is 1. The maximum atomic E-state index is 12.8. The number of carbonyl (C=O) groups is 1. The van der Waals surface area contributed by atoms with Gasteiger partial charge in [0.1, 0.15) is 6.54 Å². The van der Waals surface area contributed by atoms with Crippen molar-refractivity contribution in [1.29, 1.82) is 0 Å². The molecule has 1 aromatic heterocycles. The lowest BCUT2D eigenvalue weighted by atomic mass is 10.0. The van der Waals surface area contributed by atoms with Crippen LogP contribution >= 0.6 is 0 Å². The number of rotatable bonds is 6. The maximum absolute atomic E-state index is 12.8. The van der Waals surface area contributed by atoms with Gasteiger partial charge in [0.2, 0.25) is 11.8 Å². The van der Waals surface area contributed by atoms with Crippen LogP contribution in [0.4, 0.5) is 0 Å². The first-order valence-corrected chi connectivity index (χ1v) is 10.6. The highest BCUT2D eigenvalue weighted by Gasteiger charge is 2.24. The first kappa shape index (κ1) is 20.2. The summed E-state index contributed by atoms with van der Waals surface area (Å²) in [6.07, 6.45) is 1.93. The van der Waals surface area contributed by atoms with Gasteiger partial charge in [0.25, 0.3) is 0 Å². The lowest BCUT2D eigenvalue weighted by Gasteiger charge is -2.31. The SMILES string of the molecule is CCN1CCC(NC(=O)Cn2nc(O)c(-c3ccccc3)c2-c2ccccc2)CC1. The van der Waals surface area contributed by atoms with E-state index in [1.807, 2.05) is 60.7 Å². The van der Waals surface area contributed by atoms with Crippen LogP contribution in [0.5, 0.6) is 5.88 Å². The molecule has 1 aliphatic rings. The molecule has 0 saturated carbocycles. The smallest absolute Gasteiger partial charge is 0.241 e. The normalized spacial score (nSPS) is 15.2. The molecule has 0 bridgehead atoms. The minimum atomic E-state index is -0.0794. The van der Waals surface area contributed by atoms with Crippen LogP contribution < -0.4 is 5.32 Å². The second-order valence-corrected chi connectivity index (χ2v) is 7.71. The Kier molecular flexibility index (Phi) is 6.14. The Morgan fingerprint density at radius 2 is 1.63 bits per heavy atom. The van der Waals surface area contributed by atoms with Crippen molar-refractivity contribution in [2.45, 2.75) is 32.4 Å². The number of hydrogen-bond acceptors (Lipinski definition) is 4. The number of nitrogens with zero attached hydrogens (tertiary/aromatic N) is 3. The third kappa shape index (κ3) is 4.39. The van der Waals surface area contributed by atoms with Crippen LogP contribution in [0.25, 0.3) is 22.4 Å². The fraction of sp³-hybridized carbons (Fsp3) is 0.333. The lowest BCUT2D eigenvalue weighted by molar-refractivity contribution is -0.122. The van der Waals surface area contributed by atoms with Gasteiger partial charge in [-0.2, -0.15) is 0 Å². The Bertz CT molecular complexity index is 977. The third-order valence-electron chi connectivity index (χ3n) is 5.74. The molecule has 2 aromatic carbocycles. The van der Waals surface area contributed by atoms with Gasteiger partial charge in [-0.3, -0.25) is 9.48 Å². The number of hydrogen-bond donors (Lipinski definition) is 2. The molecule has 156 valence electrons. The Balaban J connectivity index is 1.60. The van der Waals surface area contributed by atoms with Gasteiger partial charge < -0.3 is 15.3 Å².